The van der Waals surface area contributed by atoms with E-state index in [9.17, 15) is 19.0 Å². The number of allylic oxidation sites excluding steroid dienone is 22. The Morgan fingerprint density at radius 3 is 1.31 bits per heavy atom. The summed E-state index contributed by atoms with van der Waals surface area (Å²) in [6.45, 7) is 4.15. The van der Waals surface area contributed by atoms with E-state index in [1.54, 1.807) is 0 Å². The van der Waals surface area contributed by atoms with Crippen LogP contribution in [0.1, 0.15) is 162 Å². The van der Waals surface area contributed by atoms with Gasteiger partial charge in [-0.15, -0.1) is 0 Å². The zero-order valence-corrected chi connectivity index (χ0v) is 43.5. The lowest BCUT2D eigenvalue weighted by molar-refractivity contribution is -0.870. The Hall–Kier alpha value is -3.85. The van der Waals surface area contributed by atoms with Crippen LogP contribution in [0.3, 0.4) is 0 Å². The number of hydrogen-bond donors (Lipinski definition) is 1. The van der Waals surface area contributed by atoms with Gasteiger partial charge in [0.25, 0.3) is 0 Å². The second-order valence-corrected chi connectivity index (χ2v) is 18.9. The molecule has 0 rings (SSSR count). The average Bonchev–Trinajstić information content (AvgIpc) is 3.29. The summed E-state index contributed by atoms with van der Waals surface area (Å²) in [7, 11) is 1.42. The molecular formula is C57H93NO8P+. The number of phosphoric acid groups is 1. The van der Waals surface area contributed by atoms with Crippen molar-refractivity contribution in [2.24, 2.45) is 0 Å². The van der Waals surface area contributed by atoms with Gasteiger partial charge in [0.2, 0.25) is 0 Å². The molecule has 9 nitrogen and oxygen atoms in total. The van der Waals surface area contributed by atoms with Crippen LogP contribution in [-0.4, -0.2) is 74.9 Å². The van der Waals surface area contributed by atoms with Crippen LogP contribution in [0, 0.1) is 0 Å². The number of esters is 2. The highest BCUT2D eigenvalue weighted by Gasteiger charge is 2.27. The van der Waals surface area contributed by atoms with Crippen LogP contribution in [0.2, 0.25) is 0 Å². The molecule has 378 valence electrons. The molecule has 0 spiro atoms. The van der Waals surface area contributed by atoms with Gasteiger partial charge in [0, 0.05) is 12.8 Å². The fraction of sp³-hybridized carbons (Fsp3) is 0.579. The number of ether oxygens (including phenoxy) is 2. The molecule has 0 aromatic rings. The number of carbonyl (C=O) groups excluding carboxylic acids is 2. The molecule has 0 amide bonds. The summed E-state index contributed by atoms with van der Waals surface area (Å²) < 4.78 is 34.2. The minimum Gasteiger partial charge on any atom is -0.462 e. The highest BCUT2D eigenvalue weighted by molar-refractivity contribution is 7.47. The standard InChI is InChI=1S/C57H92NO8P/c1-6-8-10-12-14-16-18-19-20-21-22-23-24-25-26-27-28-29-30-31-32-33-34-35-36-37-38-39-40-42-44-46-48-50-57(60)66-55(54-65-67(61,62)64-52-51-58(3,4)5)53-63-56(59)49-47-45-43-41-17-15-13-11-9-7-2/h8,10-11,13-14,16,19-20,22-23,25-26,28-29,31-32,34-35,37-38,40,42,55H,6-7,9,12,15,17-18,21,24,27,30,33,36,39,41,43-54H2,1-5H3/p+1/b10-8-,13-11-,16-14-,20-19-,23-22-,26-25-,29-28-,32-31-,35-34-,38-37-,42-40-. The lowest BCUT2D eigenvalue weighted by atomic mass is 10.1. The maximum Gasteiger partial charge on any atom is 0.472 e. The van der Waals surface area contributed by atoms with Crippen molar-refractivity contribution in [2.75, 3.05) is 47.5 Å². The summed E-state index contributed by atoms with van der Waals surface area (Å²) in [5.41, 5.74) is 0. The van der Waals surface area contributed by atoms with E-state index in [1.165, 1.54) is 6.42 Å². The summed E-state index contributed by atoms with van der Waals surface area (Å²) >= 11 is 0. The van der Waals surface area contributed by atoms with Crippen molar-refractivity contribution >= 4 is 19.8 Å². The summed E-state index contributed by atoms with van der Waals surface area (Å²) in [4.78, 5) is 35.4. The van der Waals surface area contributed by atoms with Crippen molar-refractivity contribution in [2.45, 2.75) is 168 Å². The van der Waals surface area contributed by atoms with Crippen LogP contribution >= 0.6 is 7.82 Å². The van der Waals surface area contributed by atoms with E-state index in [4.69, 9.17) is 18.5 Å². The molecule has 10 heteroatoms. The van der Waals surface area contributed by atoms with E-state index in [-0.39, 0.29) is 26.1 Å². The second-order valence-electron chi connectivity index (χ2n) is 17.5. The molecule has 0 saturated heterocycles. The number of likely N-dealkylation sites (N-methyl/N-ethyl adjacent to an activating group) is 1. The number of unbranched alkanes of at least 4 members (excludes halogenated alkanes) is 8. The Bertz CT molecular complexity index is 1590. The lowest BCUT2D eigenvalue weighted by Gasteiger charge is -2.24. The highest BCUT2D eigenvalue weighted by atomic mass is 31.2. The maximum absolute atomic E-state index is 12.7. The normalized spacial score (nSPS) is 14.5. The van der Waals surface area contributed by atoms with E-state index < -0.39 is 32.5 Å². The van der Waals surface area contributed by atoms with Gasteiger partial charge in [-0.1, -0.05) is 173 Å². The maximum atomic E-state index is 12.7. The van der Waals surface area contributed by atoms with Gasteiger partial charge in [0.1, 0.15) is 19.8 Å². The fourth-order valence-electron chi connectivity index (χ4n) is 5.98. The van der Waals surface area contributed by atoms with Gasteiger partial charge in [0.15, 0.2) is 6.10 Å². The molecule has 0 fully saturated rings. The van der Waals surface area contributed by atoms with Crippen molar-refractivity contribution in [3.63, 3.8) is 0 Å². The molecular weight excluding hydrogens is 858 g/mol. The predicted octanol–water partition coefficient (Wildman–Crippen LogP) is 15.4. The van der Waals surface area contributed by atoms with Gasteiger partial charge in [0.05, 0.1) is 27.7 Å². The molecule has 0 aliphatic carbocycles. The van der Waals surface area contributed by atoms with Gasteiger partial charge in [-0.25, -0.2) is 4.57 Å². The van der Waals surface area contributed by atoms with E-state index in [0.29, 0.717) is 23.9 Å². The summed E-state index contributed by atoms with van der Waals surface area (Å²) in [5.74, 6) is -0.877. The molecule has 0 bridgehead atoms. The molecule has 0 saturated carbocycles. The predicted molar refractivity (Wildman–Crippen MR) is 284 cm³/mol. The quantitative estimate of drug-likeness (QED) is 0.0212. The Balaban J connectivity index is 4.29. The minimum atomic E-state index is -4.40. The molecule has 0 heterocycles. The second kappa shape index (κ2) is 47.2. The third-order valence-electron chi connectivity index (χ3n) is 9.90. The average molecular weight is 951 g/mol. The first-order valence-corrected chi connectivity index (χ1v) is 26.9. The van der Waals surface area contributed by atoms with Crippen LogP contribution < -0.4 is 0 Å². The topological polar surface area (TPSA) is 108 Å². The van der Waals surface area contributed by atoms with Gasteiger partial charge in [-0.05, 0) is 109 Å². The molecule has 0 aromatic carbocycles. The van der Waals surface area contributed by atoms with E-state index >= 15 is 0 Å². The van der Waals surface area contributed by atoms with Gasteiger partial charge >= 0.3 is 19.8 Å². The van der Waals surface area contributed by atoms with Crippen LogP contribution in [0.5, 0.6) is 0 Å². The molecule has 2 atom stereocenters. The Kier molecular flexibility index (Phi) is 44.5. The summed E-state index contributed by atoms with van der Waals surface area (Å²) in [6, 6.07) is 0. The number of phosphoric ester groups is 1. The van der Waals surface area contributed by atoms with Crippen LogP contribution in [0.4, 0.5) is 0 Å². The Morgan fingerprint density at radius 2 is 0.851 bits per heavy atom. The molecule has 2 unspecified atom stereocenters. The lowest BCUT2D eigenvalue weighted by Crippen LogP contribution is -2.37. The molecule has 0 aliphatic rings. The summed E-state index contributed by atoms with van der Waals surface area (Å²) in [6.07, 6.45) is 68.2. The third-order valence-corrected chi connectivity index (χ3v) is 10.9. The third kappa shape index (κ3) is 51.4. The van der Waals surface area contributed by atoms with Crippen molar-refractivity contribution in [3.8, 4) is 0 Å². The number of carbonyl (C=O) groups is 2. The molecule has 0 radical (unpaired) electrons. The zero-order chi connectivity index (χ0) is 49.2. The molecule has 67 heavy (non-hydrogen) atoms. The van der Waals surface area contributed by atoms with Gasteiger partial charge in [-0.2, -0.15) is 0 Å². The van der Waals surface area contributed by atoms with Crippen LogP contribution in [-0.2, 0) is 32.7 Å². The Labute approximate surface area is 409 Å². The number of quaternary nitrogens is 1. The first-order valence-electron chi connectivity index (χ1n) is 25.4. The number of hydrogen-bond acceptors (Lipinski definition) is 7. The first-order chi connectivity index (χ1) is 32.5. The zero-order valence-electron chi connectivity index (χ0n) is 42.6. The van der Waals surface area contributed by atoms with E-state index in [0.717, 1.165) is 116 Å². The van der Waals surface area contributed by atoms with Crippen molar-refractivity contribution in [3.05, 3.63) is 134 Å². The number of nitrogens with zero attached hydrogens (tertiary/aromatic N) is 1. The minimum absolute atomic E-state index is 0.0140. The SMILES string of the molecule is CC/C=C\C/C=C\C/C=C\C/C=C\C/C=C\C/C=C\C/C=C\C/C=C\C/C=C\C/C=C\CCCCC(=O)OC(COC(=O)CCCCCCC/C=C\CCC)COP(=O)(O)OCC[N+](C)(C)C. The van der Waals surface area contributed by atoms with Crippen molar-refractivity contribution in [1.29, 1.82) is 0 Å². The first kappa shape index (κ1) is 63.1. The van der Waals surface area contributed by atoms with Crippen molar-refractivity contribution in [1.82, 2.24) is 0 Å². The van der Waals surface area contributed by atoms with Crippen LogP contribution in [0.15, 0.2) is 134 Å². The van der Waals surface area contributed by atoms with E-state index in [2.05, 4.69) is 148 Å². The largest absolute Gasteiger partial charge is 0.472 e. The monoisotopic (exact) mass is 951 g/mol. The molecule has 0 aliphatic heterocycles. The molecule has 0 aromatic heterocycles. The van der Waals surface area contributed by atoms with Gasteiger partial charge in [-0.3, -0.25) is 18.6 Å². The van der Waals surface area contributed by atoms with Crippen molar-refractivity contribution < 1.29 is 42.1 Å². The smallest absolute Gasteiger partial charge is 0.462 e. The fourth-order valence-corrected chi connectivity index (χ4v) is 6.72. The summed E-state index contributed by atoms with van der Waals surface area (Å²) in [5, 5.41) is 0. The van der Waals surface area contributed by atoms with E-state index in [1.807, 2.05) is 21.1 Å². The number of rotatable bonds is 44. The van der Waals surface area contributed by atoms with Gasteiger partial charge < -0.3 is 18.9 Å². The van der Waals surface area contributed by atoms with Crippen LogP contribution in [0.25, 0.3) is 0 Å². The Morgan fingerprint density at radius 1 is 0.478 bits per heavy atom. The highest BCUT2D eigenvalue weighted by Crippen LogP contribution is 2.43. The molecule has 1 N–H and O–H groups in total.